The fourth-order valence-corrected chi connectivity index (χ4v) is 0.801. The van der Waals surface area contributed by atoms with Crippen molar-refractivity contribution in [2.45, 2.75) is 26.4 Å². The second kappa shape index (κ2) is 5.77. The van der Waals surface area contributed by atoms with Crippen LogP contribution in [0.3, 0.4) is 0 Å². The van der Waals surface area contributed by atoms with Crippen molar-refractivity contribution in [3.05, 3.63) is 0 Å². The third-order valence-corrected chi connectivity index (χ3v) is 1.60. The highest BCUT2D eigenvalue weighted by Crippen LogP contribution is 1.99. The molecule has 0 aromatic heterocycles. The minimum absolute atomic E-state index is 0.0406. The fourth-order valence-electron chi connectivity index (χ4n) is 0.523. The third kappa shape index (κ3) is 6.55. The van der Waals surface area contributed by atoms with Gasteiger partial charge < -0.3 is 4.74 Å². The number of likely N-dealkylation sites (N-methyl/N-ethyl adjacent to an activating group) is 1. The van der Waals surface area contributed by atoms with E-state index < -0.39 is 0 Å². The van der Waals surface area contributed by atoms with Crippen molar-refractivity contribution in [3.63, 3.8) is 0 Å². The van der Waals surface area contributed by atoms with Crippen molar-refractivity contribution in [2.24, 2.45) is 0 Å². The number of ether oxygens (including phenoxy) is 1. The van der Waals surface area contributed by atoms with E-state index in [9.17, 15) is 4.79 Å². The summed E-state index contributed by atoms with van der Waals surface area (Å²) in [6.45, 7) is 4.24. The van der Waals surface area contributed by atoms with Crippen LogP contribution in [-0.2, 0) is 9.53 Å². The molecule has 0 saturated carbocycles. The molecule has 1 unspecified atom stereocenters. The van der Waals surface area contributed by atoms with E-state index in [1.54, 1.807) is 3.11 Å². The number of esters is 1. The van der Waals surface area contributed by atoms with Crippen LogP contribution < -0.4 is 0 Å². The quantitative estimate of drug-likeness (QED) is 0.442. The molecular weight excluding hydrogens is 257 g/mol. The molecule has 0 amide bonds. The van der Waals surface area contributed by atoms with E-state index in [-0.39, 0.29) is 12.1 Å². The number of carbonyl (C=O) groups excluding carboxylic acids is 1. The zero-order valence-electron chi connectivity index (χ0n) is 7.13. The largest absolute Gasteiger partial charge is 0.462 e. The summed E-state index contributed by atoms with van der Waals surface area (Å²) < 4.78 is 6.79. The van der Waals surface area contributed by atoms with Crippen molar-refractivity contribution in [1.82, 2.24) is 3.11 Å². The second-order valence-corrected chi connectivity index (χ2v) is 4.12. The summed E-state index contributed by atoms with van der Waals surface area (Å²) in [6, 6.07) is 0. The minimum atomic E-state index is -0.156. The van der Waals surface area contributed by atoms with Crippen LogP contribution in [-0.4, -0.2) is 28.8 Å². The number of halogens is 1. The zero-order valence-corrected chi connectivity index (χ0v) is 9.29. The zero-order chi connectivity index (χ0) is 8.85. The topological polar surface area (TPSA) is 29.5 Å². The van der Waals surface area contributed by atoms with E-state index in [1.807, 2.05) is 43.8 Å². The Morgan fingerprint density at radius 2 is 2.27 bits per heavy atom. The van der Waals surface area contributed by atoms with Gasteiger partial charge in [-0.3, -0.25) is 4.79 Å². The summed E-state index contributed by atoms with van der Waals surface area (Å²) in [4.78, 5) is 11.0. The Labute approximate surface area is 81.6 Å². The van der Waals surface area contributed by atoms with E-state index in [2.05, 4.69) is 0 Å². The van der Waals surface area contributed by atoms with Crippen molar-refractivity contribution in [2.75, 3.05) is 13.6 Å². The first-order valence-electron chi connectivity index (χ1n) is 3.62. The van der Waals surface area contributed by atoms with Gasteiger partial charge in [0.05, 0.1) is 6.10 Å². The lowest BCUT2D eigenvalue weighted by atomic mass is 10.3. The number of hydrogen-bond acceptors (Lipinski definition) is 3. The molecule has 11 heavy (non-hydrogen) atoms. The molecule has 0 spiro atoms. The van der Waals surface area contributed by atoms with Gasteiger partial charge in [-0.1, -0.05) is 6.92 Å². The number of carbonyl (C=O) groups is 1. The molecule has 0 N–H and O–H groups in total. The van der Waals surface area contributed by atoms with E-state index in [0.29, 0.717) is 6.54 Å². The molecule has 0 radical (unpaired) electrons. The maximum atomic E-state index is 11.0. The predicted molar refractivity (Wildman–Crippen MR) is 52.5 cm³/mol. The van der Waals surface area contributed by atoms with Crippen LogP contribution in [0.15, 0.2) is 0 Å². The summed E-state index contributed by atoms with van der Waals surface area (Å²) in [5.41, 5.74) is 0. The Morgan fingerprint density at radius 1 is 1.73 bits per heavy atom. The lowest BCUT2D eigenvalue weighted by Crippen LogP contribution is -2.23. The van der Waals surface area contributed by atoms with E-state index in [0.717, 1.165) is 6.42 Å². The van der Waals surface area contributed by atoms with Crippen molar-refractivity contribution in [1.29, 1.82) is 0 Å². The molecule has 4 heteroatoms. The molecule has 0 aliphatic heterocycles. The average molecular weight is 271 g/mol. The molecule has 3 nitrogen and oxygen atoms in total. The first-order valence-corrected chi connectivity index (χ1v) is 4.59. The molecule has 0 heterocycles. The monoisotopic (exact) mass is 271 g/mol. The highest BCUT2D eigenvalue weighted by molar-refractivity contribution is 14.1. The van der Waals surface area contributed by atoms with Crippen molar-refractivity contribution >= 4 is 28.8 Å². The van der Waals surface area contributed by atoms with Gasteiger partial charge in [0, 0.05) is 22.9 Å². The molecule has 0 aliphatic carbocycles. The standard InChI is InChI=1S/C7H14INO2/c1-4-6(2)11-7(10)5-9(3)8/h6H,4-5H2,1-3H3. The molecule has 0 saturated heterocycles. The molecule has 0 aliphatic rings. The van der Waals surface area contributed by atoms with Gasteiger partial charge in [0.15, 0.2) is 0 Å². The van der Waals surface area contributed by atoms with Crippen LogP contribution >= 0.6 is 22.9 Å². The van der Waals surface area contributed by atoms with Gasteiger partial charge in [0.2, 0.25) is 0 Å². The van der Waals surface area contributed by atoms with Gasteiger partial charge in [-0.25, -0.2) is 3.11 Å². The first-order chi connectivity index (χ1) is 5.06. The number of hydrogen-bond donors (Lipinski definition) is 0. The average Bonchev–Trinajstić information content (AvgIpc) is 1.85. The van der Waals surface area contributed by atoms with E-state index in [1.165, 1.54) is 0 Å². The molecule has 0 fully saturated rings. The van der Waals surface area contributed by atoms with E-state index >= 15 is 0 Å². The minimum Gasteiger partial charge on any atom is -0.462 e. The highest BCUT2D eigenvalue weighted by Gasteiger charge is 2.08. The van der Waals surface area contributed by atoms with Crippen LogP contribution in [0.25, 0.3) is 0 Å². The summed E-state index contributed by atoms with van der Waals surface area (Å²) in [7, 11) is 1.83. The van der Waals surface area contributed by atoms with Crippen LogP contribution in [0.1, 0.15) is 20.3 Å². The molecule has 0 bridgehead atoms. The highest BCUT2D eigenvalue weighted by atomic mass is 127. The van der Waals surface area contributed by atoms with Crippen LogP contribution in [0, 0.1) is 0 Å². The SMILES string of the molecule is CCC(C)OC(=O)CN(C)I. The van der Waals surface area contributed by atoms with Crippen LogP contribution in [0.2, 0.25) is 0 Å². The van der Waals surface area contributed by atoms with Crippen molar-refractivity contribution in [3.8, 4) is 0 Å². The van der Waals surface area contributed by atoms with Gasteiger partial charge in [0.25, 0.3) is 0 Å². The normalized spacial score (nSPS) is 13.2. The third-order valence-electron chi connectivity index (χ3n) is 1.25. The molecule has 66 valence electrons. The van der Waals surface area contributed by atoms with Gasteiger partial charge in [-0.2, -0.15) is 0 Å². The van der Waals surface area contributed by atoms with E-state index in [4.69, 9.17) is 4.74 Å². The smallest absolute Gasteiger partial charge is 0.321 e. The van der Waals surface area contributed by atoms with Crippen LogP contribution in [0.5, 0.6) is 0 Å². The first kappa shape index (κ1) is 11.2. The molecular formula is C7H14INO2. The van der Waals surface area contributed by atoms with Gasteiger partial charge in [0.1, 0.15) is 6.54 Å². The molecule has 1 atom stereocenters. The molecule has 0 rings (SSSR count). The number of rotatable bonds is 4. The summed E-state index contributed by atoms with van der Waals surface area (Å²) >= 11 is 2.05. The lowest BCUT2D eigenvalue weighted by molar-refractivity contribution is -0.147. The molecule has 0 aromatic carbocycles. The summed E-state index contributed by atoms with van der Waals surface area (Å²) in [5.74, 6) is -0.156. The Bertz CT molecular complexity index is 128. The Hall–Kier alpha value is 0.160. The Kier molecular flexibility index (Phi) is 5.85. The Morgan fingerprint density at radius 3 is 2.64 bits per heavy atom. The Balaban J connectivity index is 3.52. The maximum Gasteiger partial charge on any atom is 0.321 e. The maximum absolute atomic E-state index is 11.0. The van der Waals surface area contributed by atoms with Gasteiger partial charge in [-0.05, 0) is 20.4 Å². The van der Waals surface area contributed by atoms with Crippen molar-refractivity contribution < 1.29 is 9.53 Å². The summed E-state index contributed by atoms with van der Waals surface area (Å²) in [6.07, 6.45) is 0.912. The molecule has 0 aromatic rings. The summed E-state index contributed by atoms with van der Waals surface area (Å²) in [5, 5.41) is 0. The number of nitrogens with zero attached hydrogens (tertiary/aromatic N) is 1. The van der Waals surface area contributed by atoms with Crippen LogP contribution in [0.4, 0.5) is 0 Å². The fraction of sp³-hybridized carbons (Fsp3) is 0.857. The predicted octanol–water partition coefficient (Wildman–Crippen LogP) is 1.61. The second-order valence-electron chi connectivity index (χ2n) is 2.47. The lowest BCUT2D eigenvalue weighted by Gasteiger charge is -2.12. The van der Waals surface area contributed by atoms with Gasteiger partial charge >= 0.3 is 5.97 Å². The van der Waals surface area contributed by atoms with Gasteiger partial charge in [-0.15, -0.1) is 0 Å².